The van der Waals surface area contributed by atoms with Gasteiger partial charge in [-0.2, -0.15) is 0 Å². The molecule has 1 aliphatic heterocycles. The first-order chi connectivity index (χ1) is 10.8. The smallest absolute Gasteiger partial charge is 0.325 e. The van der Waals surface area contributed by atoms with Gasteiger partial charge in [0.1, 0.15) is 23.7 Å². The summed E-state index contributed by atoms with van der Waals surface area (Å²) in [6.07, 6.45) is 0.713. The van der Waals surface area contributed by atoms with Crippen molar-refractivity contribution in [1.82, 2.24) is 15.5 Å². The van der Waals surface area contributed by atoms with Crippen molar-refractivity contribution >= 4 is 17.8 Å². The molecular formula is C15H17F2N3O3. The lowest BCUT2D eigenvalue weighted by Crippen LogP contribution is -2.43. The lowest BCUT2D eigenvalue weighted by molar-refractivity contribution is -0.134. The van der Waals surface area contributed by atoms with Crippen molar-refractivity contribution in [1.29, 1.82) is 0 Å². The minimum atomic E-state index is -1.68. The molecule has 0 saturated carbocycles. The molecule has 4 amide bonds. The Kier molecular flexibility index (Phi) is 4.63. The minimum Gasteiger partial charge on any atom is -0.355 e. The van der Waals surface area contributed by atoms with Gasteiger partial charge in [-0.05, 0) is 19.4 Å². The molecule has 6 nitrogen and oxygen atoms in total. The molecule has 0 aromatic heterocycles. The zero-order chi connectivity index (χ0) is 17.2. The van der Waals surface area contributed by atoms with Crippen LogP contribution in [0.15, 0.2) is 18.2 Å². The molecular weight excluding hydrogens is 308 g/mol. The summed E-state index contributed by atoms with van der Waals surface area (Å²) < 4.78 is 27.0. The van der Waals surface area contributed by atoms with Crippen LogP contribution in [0.25, 0.3) is 0 Å². The van der Waals surface area contributed by atoms with Gasteiger partial charge in [0.2, 0.25) is 5.91 Å². The Morgan fingerprint density at radius 2 is 2.04 bits per heavy atom. The Hall–Kier alpha value is -2.51. The first kappa shape index (κ1) is 16.9. The number of hydrogen-bond donors (Lipinski definition) is 2. The van der Waals surface area contributed by atoms with Gasteiger partial charge in [0.15, 0.2) is 0 Å². The van der Waals surface area contributed by atoms with E-state index in [-0.39, 0.29) is 5.56 Å². The average molecular weight is 325 g/mol. The highest BCUT2D eigenvalue weighted by molar-refractivity contribution is 6.09. The molecule has 1 fully saturated rings. The van der Waals surface area contributed by atoms with E-state index in [9.17, 15) is 23.2 Å². The monoisotopic (exact) mass is 325 g/mol. The van der Waals surface area contributed by atoms with Crippen LogP contribution in [0, 0.1) is 11.6 Å². The van der Waals surface area contributed by atoms with Gasteiger partial charge >= 0.3 is 6.03 Å². The van der Waals surface area contributed by atoms with E-state index in [1.54, 1.807) is 0 Å². The summed E-state index contributed by atoms with van der Waals surface area (Å²) in [7, 11) is 0. The van der Waals surface area contributed by atoms with E-state index in [0.717, 1.165) is 12.1 Å². The fraction of sp³-hybridized carbons (Fsp3) is 0.400. The number of halogens is 2. The highest BCUT2D eigenvalue weighted by Gasteiger charge is 2.50. The third-order valence-corrected chi connectivity index (χ3v) is 3.62. The van der Waals surface area contributed by atoms with Gasteiger partial charge in [-0.25, -0.2) is 13.6 Å². The van der Waals surface area contributed by atoms with Crippen LogP contribution in [0.4, 0.5) is 13.6 Å². The molecule has 1 aromatic rings. The van der Waals surface area contributed by atoms with Crippen LogP contribution in [-0.4, -0.2) is 35.8 Å². The van der Waals surface area contributed by atoms with Crippen LogP contribution in [0.1, 0.15) is 25.8 Å². The zero-order valence-corrected chi connectivity index (χ0v) is 12.8. The first-order valence-corrected chi connectivity index (χ1v) is 7.16. The number of carbonyl (C=O) groups excluding carboxylic acids is 3. The molecule has 0 radical (unpaired) electrons. The molecule has 2 N–H and O–H groups in total. The number of urea groups is 1. The summed E-state index contributed by atoms with van der Waals surface area (Å²) in [4.78, 5) is 36.9. The number of amides is 4. The maximum absolute atomic E-state index is 14.0. The summed E-state index contributed by atoms with van der Waals surface area (Å²) in [5.41, 5.74) is -1.84. The van der Waals surface area contributed by atoms with Crippen molar-refractivity contribution in [2.45, 2.75) is 25.8 Å². The van der Waals surface area contributed by atoms with E-state index in [0.29, 0.717) is 23.9 Å². The van der Waals surface area contributed by atoms with Crippen LogP contribution in [0.3, 0.4) is 0 Å². The van der Waals surface area contributed by atoms with Gasteiger partial charge in [-0.1, -0.05) is 13.0 Å². The van der Waals surface area contributed by atoms with Crippen LogP contribution in [0.5, 0.6) is 0 Å². The van der Waals surface area contributed by atoms with Crippen molar-refractivity contribution in [3.8, 4) is 0 Å². The van der Waals surface area contributed by atoms with Gasteiger partial charge in [0.25, 0.3) is 5.91 Å². The van der Waals surface area contributed by atoms with E-state index in [1.165, 1.54) is 6.92 Å². The van der Waals surface area contributed by atoms with Crippen molar-refractivity contribution in [3.05, 3.63) is 35.4 Å². The average Bonchev–Trinajstić information content (AvgIpc) is 2.69. The fourth-order valence-corrected chi connectivity index (χ4v) is 2.38. The standard InChI is InChI=1S/C15H17F2N3O3/c1-3-6-18-12(21)8-20-13(22)15(2,19-14(20)23)10-5-4-9(16)7-11(10)17/h4-5,7H,3,6,8H2,1-2H3,(H,18,21)(H,19,23)/t15-/m0/s1. The van der Waals surface area contributed by atoms with Crippen molar-refractivity contribution in [2.75, 3.05) is 13.1 Å². The molecule has 0 bridgehead atoms. The van der Waals surface area contributed by atoms with Crippen LogP contribution < -0.4 is 10.6 Å². The fourth-order valence-electron chi connectivity index (χ4n) is 2.38. The Morgan fingerprint density at radius 3 is 2.65 bits per heavy atom. The second kappa shape index (κ2) is 6.31. The molecule has 1 aliphatic rings. The van der Waals surface area contributed by atoms with Gasteiger partial charge in [-0.15, -0.1) is 0 Å². The van der Waals surface area contributed by atoms with Crippen molar-refractivity contribution in [3.63, 3.8) is 0 Å². The predicted molar refractivity (Wildman–Crippen MR) is 77.3 cm³/mol. The van der Waals surface area contributed by atoms with E-state index in [4.69, 9.17) is 0 Å². The normalized spacial score (nSPS) is 20.6. The highest BCUT2D eigenvalue weighted by Crippen LogP contribution is 2.30. The molecule has 23 heavy (non-hydrogen) atoms. The molecule has 0 unspecified atom stereocenters. The Bertz CT molecular complexity index is 665. The quantitative estimate of drug-likeness (QED) is 0.800. The summed E-state index contributed by atoms with van der Waals surface area (Å²) in [6.45, 7) is 3.14. The van der Waals surface area contributed by atoms with E-state index < -0.39 is 41.6 Å². The number of imide groups is 1. The maximum atomic E-state index is 14.0. The van der Waals surface area contributed by atoms with Gasteiger partial charge in [-0.3, -0.25) is 14.5 Å². The molecule has 0 aliphatic carbocycles. The molecule has 1 heterocycles. The van der Waals surface area contributed by atoms with Gasteiger partial charge < -0.3 is 10.6 Å². The zero-order valence-electron chi connectivity index (χ0n) is 12.8. The lowest BCUT2D eigenvalue weighted by Gasteiger charge is -2.22. The Morgan fingerprint density at radius 1 is 1.35 bits per heavy atom. The van der Waals surface area contributed by atoms with Crippen LogP contribution >= 0.6 is 0 Å². The lowest BCUT2D eigenvalue weighted by atomic mass is 9.91. The van der Waals surface area contributed by atoms with Crippen LogP contribution in [-0.2, 0) is 15.1 Å². The Balaban J connectivity index is 2.24. The Labute approximate surface area is 131 Å². The van der Waals surface area contributed by atoms with Gasteiger partial charge in [0.05, 0.1) is 0 Å². The number of rotatable bonds is 5. The van der Waals surface area contributed by atoms with E-state index >= 15 is 0 Å². The summed E-state index contributed by atoms with van der Waals surface area (Å²) >= 11 is 0. The van der Waals surface area contributed by atoms with Crippen LogP contribution in [0.2, 0.25) is 0 Å². The first-order valence-electron chi connectivity index (χ1n) is 7.16. The van der Waals surface area contributed by atoms with Gasteiger partial charge in [0, 0.05) is 18.2 Å². The molecule has 124 valence electrons. The molecule has 0 spiro atoms. The summed E-state index contributed by atoms with van der Waals surface area (Å²) in [5, 5.41) is 4.91. The number of benzene rings is 1. The highest BCUT2D eigenvalue weighted by atomic mass is 19.1. The molecule has 1 saturated heterocycles. The predicted octanol–water partition coefficient (Wildman–Crippen LogP) is 1.26. The topological polar surface area (TPSA) is 78.5 Å². The third kappa shape index (κ3) is 3.15. The summed E-state index contributed by atoms with van der Waals surface area (Å²) in [6, 6.07) is 1.94. The number of hydrogen-bond acceptors (Lipinski definition) is 3. The van der Waals surface area contributed by atoms with E-state index in [2.05, 4.69) is 10.6 Å². The minimum absolute atomic E-state index is 0.159. The second-order valence-electron chi connectivity index (χ2n) is 5.42. The third-order valence-electron chi connectivity index (χ3n) is 3.62. The largest absolute Gasteiger partial charge is 0.355 e. The van der Waals surface area contributed by atoms with Crippen molar-refractivity contribution in [2.24, 2.45) is 0 Å². The SMILES string of the molecule is CCCNC(=O)CN1C(=O)N[C@@](C)(c2ccc(F)cc2F)C1=O. The molecule has 8 heteroatoms. The van der Waals surface area contributed by atoms with E-state index in [1.807, 2.05) is 6.92 Å². The number of carbonyl (C=O) groups is 3. The second-order valence-corrected chi connectivity index (χ2v) is 5.42. The molecule has 1 atom stereocenters. The summed E-state index contributed by atoms with van der Waals surface area (Å²) in [5.74, 6) is -2.99. The molecule has 1 aromatic carbocycles. The maximum Gasteiger partial charge on any atom is 0.325 e. The number of nitrogens with one attached hydrogen (secondary N) is 2. The van der Waals surface area contributed by atoms with Crippen molar-refractivity contribution < 1.29 is 23.2 Å². The number of nitrogens with zero attached hydrogens (tertiary/aromatic N) is 1. The molecule has 2 rings (SSSR count).